The summed E-state index contributed by atoms with van der Waals surface area (Å²) in [4.78, 5) is 18.0. The molecule has 0 aliphatic rings. The predicted molar refractivity (Wildman–Crippen MR) is 108 cm³/mol. The topological polar surface area (TPSA) is 56.7 Å². The second-order valence-corrected chi connectivity index (χ2v) is 6.50. The minimum Gasteiger partial charge on any atom is -0.357 e. The number of halogens is 3. The van der Waals surface area contributed by atoms with Gasteiger partial charge in [0.15, 0.2) is 5.96 Å². The van der Waals surface area contributed by atoms with Crippen LogP contribution in [0, 0.1) is 0 Å². The van der Waals surface area contributed by atoms with Crippen LogP contribution >= 0.6 is 0 Å². The molecule has 0 bridgehead atoms. The van der Waals surface area contributed by atoms with Gasteiger partial charge >= 0.3 is 6.18 Å². The zero-order valence-corrected chi connectivity index (χ0v) is 16.7. The van der Waals surface area contributed by atoms with Crippen molar-refractivity contribution in [1.29, 1.82) is 0 Å². The van der Waals surface area contributed by atoms with Gasteiger partial charge in [-0.25, -0.2) is 4.99 Å². The fraction of sp³-hybridized carbons (Fsp3) is 0.333. The van der Waals surface area contributed by atoms with Crippen LogP contribution in [0.3, 0.4) is 0 Å². The molecule has 29 heavy (non-hydrogen) atoms. The molecule has 0 unspecified atom stereocenters. The molecule has 0 aliphatic carbocycles. The number of hydrogen-bond donors (Lipinski definition) is 2. The molecule has 0 radical (unpaired) electrons. The first-order valence-electron chi connectivity index (χ1n) is 9.21. The number of amides is 1. The summed E-state index contributed by atoms with van der Waals surface area (Å²) in [5.74, 6) is 0.493. The Balaban J connectivity index is 2.06. The second kappa shape index (κ2) is 9.95. The monoisotopic (exact) mass is 406 g/mol. The van der Waals surface area contributed by atoms with Gasteiger partial charge in [-0.15, -0.1) is 0 Å². The van der Waals surface area contributed by atoms with Crippen molar-refractivity contribution in [3.05, 3.63) is 70.8 Å². The van der Waals surface area contributed by atoms with Crippen LogP contribution in [0.4, 0.5) is 13.2 Å². The summed E-state index contributed by atoms with van der Waals surface area (Å²) < 4.78 is 38.1. The Kier molecular flexibility index (Phi) is 7.64. The number of hydrogen-bond acceptors (Lipinski definition) is 2. The van der Waals surface area contributed by atoms with Gasteiger partial charge in [-0.1, -0.05) is 24.3 Å². The zero-order valence-electron chi connectivity index (χ0n) is 16.7. The van der Waals surface area contributed by atoms with Crippen LogP contribution in [-0.4, -0.2) is 37.4 Å². The van der Waals surface area contributed by atoms with Gasteiger partial charge in [0.25, 0.3) is 5.91 Å². The van der Waals surface area contributed by atoms with Crippen LogP contribution in [0.2, 0.25) is 0 Å². The molecule has 0 fully saturated rings. The quantitative estimate of drug-likeness (QED) is 0.569. The number of guanidine groups is 1. The molecule has 2 aromatic rings. The van der Waals surface area contributed by atoms with Crippen molar-refractivity contribution in [1.82, 2.24) is 15.5 Å². The highest BCUT2D eigenvalue weighted by atomic mass is 19.4. The van der Waals surface area contributed by atoms with E-state index in [2.05, 4.69) is 15.6 Å². The van der Waals surface area contributed by atoms with Gasteiger partial charge in [0, 0.05) is 32.7 Å². The first-order valence-corrected chi connectivity index (χ1v) is 9.21. The van der Waals surface area contributed by atoms with Crippen molar-refractivity contribution < 1.29 is 18.0 Å². The Hall–Kier alpha value is -3.03. The van der Waals surface area contributed by atoms with Crippen LogP contribution in [0.5, 0.6) is 0 Å². The number of nitrogens with zero attached hydrogens (tertiary/aromatic N) is 2. The molecule has 8 heteroatoms. The molecule has 0 atom stereocenters. The Morgan fingerprint density at radius 3 is 2.14 bits per heavy atom. The molecule has 2 rings (SSSR count). The number of alkyl halides is 3. The van der Waals surface area contributed by atoms with Crippen LogP contribution < -0.4 is 10.6 Å². The van der Waals surface area contributed by atoms with E-state index in [1.165, 1.54) is 12.1 Å². The van der Waals surface area contributed by atoms with Gasteiger partial charge < -0.3 is 15.5 Å². The summed E-state index contributed by atoms with van der Waals surface area (Å²) in [7, 11) is 3.41. The standard InChI is InChI=1S/C21H25F3N4O/c1-4-26-20(27-13-15-5-9-17(10-6-15)19(29)25-2)28(3)14-16-7-11-18(12-8-16)21(22,23)24/h5-12H,4,13-14H2,1-3H3,(H,25,29)(H,26,27). The molecule has 156 valence electrons. The molecule has 0 saturated carbocycles. The maximum atomic E-state index is 12.7. The highest BCUT2D eigenvalue weighted by Gasteiger charge is 2.29. The summed E-state index contributed by atoms with van der Waals surface area (Å²) >= 11 is 0. The van der Waals surface area contributed by atoms with Gasteiger partial charge in [0.2, 0.25) is 0 Å². The minimum absolute atomic E-state index is 0.148. The second-order valence-electron chi connectivity index (χ2n) is 6.50. The van der Waals surface area contributed by atoms with E-state index in [0.29, 0.717) is 31.2 Å². The van der Waals surface area contributed by atoms with Crippen molar-refractivity contribution in [3.63, 3.8) is 0 Å². The van der Waals surface area contributed by atoms with E-state index < -0.39 is 11.7 Å². The van der Waals surface area contributed by atoms with Crippen molar-refractivity contribution in [2.24, 2.45) is 4.99 Å². The average Bonchev–Trinajstić information content (AvgIpc) is 2.70. The van der Waals surface area contributed by atoms with Gasteiger partial charge in [0.05, 0.1) is 12.1 Å². The summed E-state index contributed by atoms with van der Waals surface area (Å²) in [6.07, 6.45) is -4.34. The molecule has 2 N–H and O–H groups in total. The summed E-state index contributed by atoms with van der Waals surface area (Å²) in [6, 6.07) is 12.3. The maximum absolute atomic E-state index is 12.7. The molecular weight excluding hydrogens is 381 g/mol. The molecule has 5 nitrogen and oxygen atoms in total. The Labute approximate surface area is 168 Å². The molecule has 0 aliphatic heterocycles. The smallest absolute Gasteiger partial charge is 0.357 e. The number of aliphatic imine (C=N–C) groups is 1. The molecule has 0 saturated heterocycles. The summed E-state index contributed by atoms with van der Waals surface area (Å²) in [5, 5.41) is 5.75. The molecule has 0 heterocycles. The normalized spacial score (nSPS) is 11.9. The minimum atomic E-state index is -4.34. The van der Waals surface area contributed by atoms with Crippen LogP contribution in [0.25, 0.3) is 0 Å². The Morgan fingerprint density at radius 2 is 1.62 bits per heavy atom. The lowest BCUT2D eigenvalue weighted by molar-refractivity contribution is -0.137. The molecule has 0 spiro atoms. The maximum Gasteiger partial charge on any atom is 0.416 e. The highest BCUT2D eigenvalue weighted by Crippen LogP contribution is 2.29. The Morgan fingerprint density at radius 1 is 1.03 bits per heavy atom. The summed E-state index contributed by atoms with van der Waals surface area (Å²) in [6.45, 7) is 3.43. The first-order chi connectivity index (χ1) is 13.7. The zero-order chi connectivity index (χ0) is 21.4. The van der Waals surface area contributed by atoms with Crippen LogP contribution in [0.15, 0.2) is 53.5 Å². The fourth-order valence-electron chi connectivity index (χ4n) is 2.69. The molecule has 1 amide bonds. The number of benzene rings is 2. The third kappa shape index (κ3) is 6.51. The lowest BCUT2D eigenvalue weighted by atomic mass is 10.1. The van der Waals surface area contributed by atoms with E-state index in [9.17, 15) is 18.0 Å². The lowest BCUT2D eigenvalue weighted by Crippen LogP contribution is -2.38. The van der Waals surface area contributed by atoms with Crippen molar-refractivity contribution in [2.75, 3.05) is 20.6 Å². The average molecular weight is 406 g/mol. The van der Waals surface area contributed by atoms with E-state index in [1.807, 2.05) is 31.0 Å². The molecular formula is C21H25F3N4O. The van der Waals surface area contributed by atoms with Gasteiger partial charge in [-0.05, 0) is 42.3 Å². The lowest BCUT2D eigenvalue weighted by Gasteiger charge is -2.22. The van der Waals surface area contributed by atoms with Crippen molar-refractivity contribution in [3.8, 4) is 0 Å². The molecule has 2 aromatic carbocycles. The SMILES string of the molecule is CCNC(=NCc1ccc(C(=O)NC)cc1)N(C)Cc1ccc(C(F)(F)F)cc1. The highest BCUT2D eigenvalue weighted by molar-refractivity contribution is 5.93. The van der Waals surface area contributed by atoms with E-state index in [0.717, 1.165) is 23.3 Å². The van der Waals surface area contributed by atoms with E-state index in [1.54, 1.807) is 19.2 Å². The number of rotatable bonds is 6. The number of carbonyl (C=O) groups excluding carboxylic acids is 1. The van der Waals surface area contributed by atoms with Gasteiger partial charge in [0.1, 0.15) is 0 Å². The third-order valence-corrected chi connectivity index (χ3v) is 4.25. The van der Waals surface area contributed by atoms with E-state index in [-0.39, 0.29) is 5.91 Å². The Bertz CT molecular complexity index is 830. The van der Waals surface area contributed by atoms with E-state index >= 15 is 0 Å². The van der Waals surface area contributed by atoms with E-state index in [4.69, 9.17) is 0 Å². The first kappa shape index (κ1) is 22.3. The van der Waals surface area contributed by atoms with Gasteiger partial charge in [-0.2, -0.15) is 13.2 Å². The fourth-order valence-corrected chi connectivity index (χ4v) is 2.69. The largest absolute Gasteiger partial charge is 0.416 e. The number of carbonyl (C=O) groups is 1. The number of nitrogens with one attached hydrogen (secondary N) is 2. The van der Waals surface area contributed by atoms with Crippen molar-refractivity contribution >= 4 is 11.9 Å². The molecule has 0 aromatic heterocycles. The van der Waals surface area contributed by atoms with Crippen LogP contribution in [0.1, 0.15) is 34.0 Å². The van der Waals surface area contributed by atoms with Crippen molar-refractivity contribution in [2.45, 2.75) is 26.2 Å². The van der Waals surface area contributed by atoms with Gasteiger partial charge in [-0.3, -0.25) is 4.79 Å². The predicted octanol–water partition coefficient (Wildman–Crippen LogP) is 3.66. The third-order valence-electron chi connectivity index (χ3n) is 4.25. The van der Waals surface area contributed by atoms with Crippen LogP contribution in [-0.2, 0) is 19.3 Å². The summed E-state index contributed by atoms with van der Waals surface area (Å²) in [5.41, 5.74) is 1.60.